The Morgan fingerprint density at radius 2 is 1.90 bits per heavy atom. The van der Waals surface area contributed by atoms with E-state index in [0.717, 1.165) is 44.8 Å². The van der Waals surface area contributed by atoms with Gasteiger partial charge < -0.3 is 15.1 Å². The van der Waals surface area contributed by atoms with Gasteiger partial charge in [-0.2, -0.15) is 18.3 Å². The molecule has 0 bridgehead atoms. The number of amides is 3. The first-order chi connectivity index (χ1) is 13.7. The molecule has 7 nitrogen and oxygen atoms in total. The van der Waals surface area contributed by atoms with Gasteiger partial charge in [0.05, 0.1) is 5.54 Å². The predicted molar refractivity (Wildman–Crippen MR) is 95.7 cm³/mol. The number of H-pyrrole nitrogens is 1. The van der Waals surface area contributed by atoms with Gasteiger partial charge in [-0.3, -0.25) is 9.89 Å². The third-order valence-corrected chi connectivity index (χ3v) is 6.92. The lowest BCUT2D eigenvalue weighted by Gasteiger charge is -2.61. The summed E-state index contributed by atoms with van der Waals surface area (Å²) in [4.78, 5) is 27.9. The highest BCUT2D eigenvalue weighted by atomic mass is 19.4. The molecule has 3 aliphatic heterocycles. The lowest BCUT2D eigenvalue weighted by Crippen LogP contribution is -2.75. The summed E-state index contributed by atoms with van der Waals surface area (Å²) in [5.74, 6) is 0.407. The zero-order valence-corrected chi connectivity index (χ0v) is 16.0. The topological polar surface area (TPSA) is 81.3 Å². The first-order valence-corrected chi connectivity index (χ1v) is 10.1. The van der Waals surface area contributed by atoms with Gasteiger partial charge >= 0.3 is 12.2 Å². The average Bonchev–Trinajstić information content (AvgIpc) is 3.02. The largest absolute Gasteiger partial charge is 0.435 e. The molecule has 4 heterocycles. The van der Waals surface area contributed by atoms with Crippen molar-refractivity contribution in [3.63, 3.8) is 0 Å². The molecular formula is C19H24F3N5O2. The number of rotatable bonds is 2. The number of urea groups is 1. The minimum absolute atomic E-state index is 0.0351. The molecule has 4 aliphatic rings. The predicted octanol–water partition coefficient (Wildman–Crippen LogP) is 2.16. The van der Waals surface area contributed by atoms with Crippen molar-refractivity contribution in [3.05, 3.63) is 17.5 Å². The molecule has 1 saturated carbocycles. The van der Waals surface area contributed by atoms with Crippen molar-refractivity contribution in [1.29, 1.82) is 0 Å². The van der Waals surface area contributed by atoms with Gasteiger partial charge in [0.2, 0.25) is 5.91 Å². The highest BCUT2D eigenvalue weighted by Crippen LogP contribution is 2.53. The molecule has 158 valence electrons. The molecule has 2 spiro atoms. The van der Waals surface area contributed by atoms with Crippen molar-refractivity contribution in [1.82, 2.24) is 25.3 Å². The fourth-order valence-electron chi connectivity index (χ4n) is 5.65. The highest BCUT2D eigenvalue weighted by molar-refractivity contribution is 5.80. The second-order valence-electron chi connectivity index (χ2n) is 9.43. The molecule has 5 rings (SSSR count). The molecule has 0 radical (unpaired) electrons. The molecule has 4 fully saturated rings. The van der Waals surface area contributed by atoms with Crippen LogP contribution in [0.15, 0.2) is 6.07 Å². The van der Waals surface area contributed by atoms with E-state index in [0.29, 0.717) is 37.5 Å². The Morgan fingerprint density at radius 1 is 1.21 bits per heavy atom. The van der Waals surface area contributed by atoms with Gasteiger partial charge in [0, 0.05) is 43.7 Å². The van der Waals surface area contributed by atoms with Gasteiger partial charge in [-0.15, -0.1) is 0 Å². The summed E-state index contributed by atoms with van der Waals surface area (Å²) in [6, 6.07) is 1.12. The van der Waals surface area contributed by atoms with Crippen molar-refractivity contribution >= 4 is 11.9 Å². The Kier molecular flexibility index (Phi) is 3.96. The number of halogens is 3. The first-order valence-electron chi connectivity index (χ1n) is 10.1. The molecule has 0 unspecified atom stereocenters. The van der Waals surface area contributed by atoms with Crippen molar-refractivity contribution in [2.45, 2.75) is 50.2 Å². The standard InChI is InChI=1S/C19H24F3N5O2/c20-19(21,22)14-5-13(24-25-14)4-12-6-17(7-12)8-26(9-17)16(29)27-10-18(11-27)3-1-2-15(28)23-18/h5,12H,1-4,6-11H2,(H,23,28)(H,24,25). The number of alkyl halides is 3. The molecule has 1 aromatic rings. The van der Waals surface area contributed by atoms with Crippen LogP contribution in [0, 0.1) is 11.3 Å². The highest BCUT2D eigenvalue weighted by Gasteiger charge is 2.56. The second-order valence-corrected chi connectivity index (χ2v) is 9.43. The van der Waals surface area contributed by atoms with Crippen molar-refractivity contribution in [3.8, 4) is 0 Å². The molecule has 0 atom stereocenters. The van der Waals surface area contributed by atoms with Crippen LogP contribution < -0.4 is 5.32 Å². The smallest absolute Gasteiger partial charge is 0.347 e. The van der Waals surface area contributed by atoms with Gasteiger partial charge in [-0.05, 0) is 44.1 Å². The Balaban J connectivity index is 1.06. The zero-order valence-electron chi connectivity index (χ0n) is 16.0. The lowest BCUT2D eigenvalue weighted by atomic mass is 9.57. The van der Waals surface area contributed by atoms with Crippen LogP contribution in [0.25, 0.3) is 0 Å². The second kappa shape index (κ2) is 6.12. The maximum atomic E-state index is 12.6. The van der Waals surface area contributed by atoms with Crippen LogP contribution in [0.5, 0.6) is 0 Å². The number of nitrogens with one attached hydrogen (secondary N) is 2. The SMILES string of the molecule is O=C1CCCC2(CN(C(=O)N3CC4(CC(Cc5cc(C(F)(F)F)n[nH]5)C4)C3)C2)N1. The van der Waals surface area contributed by atoms with E-state index in [4.69, 9.17) is 0 Å². The van der Waals surface area contributed by atoms with Gasteiger partial charge in [0.15, 0.2) is 5.69 Å². The van der Waals surface area contributed by atoms with Crippen molar-refractivity contribution < 1.29 is 22.8 Å². The number of hydrogen-bond donors (Lipinski definition) is 2. The number of aromatic amines is 1. The monoisotopic (exact) mass is 411 g/mol. The third-order valence-electron chi connectivity index (χ3n) is 6.92. The van der Waals surface area contributed by atoms with Crippen molar-refractivity contribution in [2.75, 3.05) is 26.2 Å². The third kappa shape index (κ3) is 3.26. The van der Waals surface area contributed by atoms with Crippen LogP contribution in [-0.4, -0.2) is 63.7 Å². The quantitative estimate of drug-likeness (QED) is 0.783. The number of aromatic nitrogens is 2. The number of carbonyl (C=O) groups is 2. The maximum absolute atomic E-state index is 12.6. The van der Waals surface area contributed by atoms with E-state index < -0.39 is 11.9 Å². The lowest BCUT2D eigenvalue weighted by molar-refractivity contribution is -0.141. The summed E-state index contributed by atoms with van der Waals surface area (Å²) >= 11 is 0. The van der Waals surface area contributed by atoms with Crippen LogP contribution in [0.3, 0.4) is 0 Å². The summed E-state index contributed by atoms with van der Waals surface area (Å²) in [5.41, 5.74) is -0.434. The van der Waals surface area contributed by atoms with E-state index in [1.807, 2.05) is 4.90 Å². The zero-order chi connectivity index (χ0) is 20.4. The summed E-state index contributed by atoms with van der Waals surface area (Å²) < 4.78 is 37.9. The van der Waals surface area contributed by atoms with E-state index in [-0.39, 0.29) is 22.9 Å². The van der Waals surface area contributed by atoms with E-state index in [1.54, 1.807) is 4.90 Å². The van der Waals surface area contributed by atoms with Crippen LogP contribution in [0.1, 0.15) is 43.5 Å². The number of likely N-dealkylation sites (tertiary alicyclic amines) is 2. The van der Waals surface area contributed by atoms with E-state index in [2.05, 4.69) is 15.5 Å². The van der Waals surface area contributed by atoms with E-state index >= 15 is 0 Å². The number of carbonyl (C=O) groups excluding carboxylic acids is 2. The molecule has 1 aliphatic carbocycles. The number of piperidine rings is 1. The fraction of sp³-hybridized carbons (Fsp3) is 0.737. The van der Waals surface area contributed by atoms with Gasteiger partial charge in [0.1, 0.15) is 0 Å². The van der Waals surface area contributed by atoms with Crippen LogP contribution >= 0.6 is 0 Å². The molecule has 3 amide bonds. The van der Waals surface area contributed by atoms with E-state index in [1.165, 1.54) is 0 Å². The Morgan fingerprint density at radius 3 is 2.52 bits per heavy atom. The molecular weight excluding hydrogens is 387 g/mol. The minimum atomic E-state index is -4.42. The molecule has 3 saturated heterocycles. The summed E-state index contributed by atoms with van der Waals surface area (Å²) in [6.45, 7) is 2.61. The average molecular weight is 411 g/mol. The normalized spacial score (nSPS) is 25.4. The number of hydrogen-bond acceptors (Lipinski definition) is 3. The van der Waals surface area contributed by atoms with Crippen molar-refractivity contribution in [2.24, 2.45) is 11.3 Å². The molecule has 29 heavy (non-hydrogen) atoms. The van der Waals surface area contributed by atoms with Gasteiger partial charge in [-0.25, -0.2) is 4.79 Å². The van der Waals surface area contributed by atoms with Crippen LogP contribution in [0.4, 0.5) is 18.0 Å². The molecule has 1 aromatic heterocycles. The van der Waals surface area contributed by atoms with Crippen LogP contribution in [0.2, 0.25) is 0 Å². The van der Waals surface area contributed by atoms with Gasteiger partial charge in [-0.1, -0.05) is 0 Å². The molecule has 0 aromatic carbocycles. The molecule has 10 heteroatoms. The minimum Gasteiger partial charge on any atom is -0.347 e. The Bertz CT molecular complexity index is 831. The number of nitrogens with zero attached hydrogens (tertiary/aromatic N) is 3. The van der Waals surface area contributed by atoms with Gasteiger partial charge in [0.25, 0.3) is 0 Å². The Hall–Kier alpha value is -2.26. The summed E-state index contributed by atoms with van der Waals surface area (Å²) in [6.07, 6.45) is 0.379. The maximum Gasteiger partial charge on any atom is 0.435 e. The summed E-state index contributed by atoms with van der Waals surface area (Å²) in [5, 5.41) is 8.88. The fourth-order valence-corrected chi connectivity index (χ4v) is 5.65. The van der Waals surface area contributed by atoms with E-state index in [9.17, 15) is 22.8 Å². The Labute approximate surface area is 166 Å². The van der Waals surface area contributed by atoms with Crippen LogP contribution in [-0.2, 0) is 17.4 Å². The summed E-state index contributed by atoms with van der Waals surface area (Å²) in [7, 11) is 0. The first kappa shape index (κ1) is 18.7. The molecule has 2 N–H and O–H groups in total.